The third kappa shape index (κ3) is 6.75. The Balaban J connectivity index is 1.47. The van der Waals surface area contributed by atoms with Gasteiger partial charge in [-0.3, -0.25) is 4.79 Å². The Kier molecular flexibility index (Phi) is 8.60. The summed E-state index contributed by atoms with van der Waals surface area (Å²) >= 11 is 1.06. The lowest BCUT2D eigenvalue weighted by Gasteiger charge is -2.36. The maximum absolute atomic E-state index is 12.1. The van der Waals surface area contributed by atoms with Crippen molar-refractivity contribution in [1.29, 1.82) is 0 Å². The minimum Gasteiger partial charge on any atom is -0.494 e. The number of benzene rings is 2. The third-order valence-electron chi connectivity index (χ3n) is 5.76. The molecule has 196 valence electrons. The van der Waals surface area contributed by atoms with Crippen LogP contribution in [0, 0.1) is 0 Å². The van der Waals surface area contributed by atoms with Gasteiger partial charge in [0.05, 0.1) is 18.5 Å². The molecule has 1 aliphatic heterocycles. The fourth-order valence-electron chi connectivity index (χ4n) is 3.92. The van der Waals surface area contributed by atoms with Crippen molar-refractivity contribution in [3.63, 3.8) is 0 Å². The lowest BCUT2D eigenvalue weighted by Crippen LogP contribution is -3.36. The number of hydrogen-bond acceptors (Lipinski definition) is 11. The number of amides is 1. The highest BCUT2D eigenvalue weighted by Crippen LogP contribution is 2.32. The van der Waals surface area contributed by atoms with E-state index in [2.05, 4.69) is 30.5 Å². The number of methoxy groups -OCH3 is 1. The number of halogens is 1. The molecule has 1 aliphatic rings. The third-order valence-corrected chi connectivity index (χ3v) is 8.19. The molecule has 4 N–H and O–H groups in total. The van der Waals surface area contributed by atoms with Crippen LogP contribution in [0.25, 0.3) is 0 Å². The van der Waals surface area contributed by atoms with Gasteiger partial charge < -0.3 is 30.9 Å². The summed E-state index contributed by atoms with van der Waals surface area (Å²) in [6.45, 7) is 3.07. The molecule has 1 saturated heterocycles. The van der Waals surface area contributed by atoms with Crippen LogP contribution in [0.3, 0.4) is 0 Å². The van der Waals surface area contributed by atoms with Crippen molar-refractivity contribution in [2.75, 3.05) is 55.4 Å². The number of anilines is 5. The number of carbonyl (C=O) groups excluding carboxylic acids is 1. The molecule has 0 saturated carbocycles. The van der Waals surface area contributed by atoms with Gasteiger partial charge in [0.25, 0.3) is 0 Å². The van der Waals surface area contributed by atoms with Crippen LogP contribution >= 0.6 is 0 Å². The van der Waals surface area contributed by atoms with Gasteiger partial charge in [-0.1, -0.05) is 12.1 Å². The standard InChI is InChI=1S/C23H28IN8O4S/c1-36-19-14-16(31-10-12-32(13-11-31)21(33)8-9-25)6-7-17(19)28-22-26-15-27-23(30-22)29-18-4-2-3-5-20(18)37(24,34)35/h2-7,14-15,24H,8-13,25H2,1H3,(H2,26,27,28,29,30)/q+1. The Morgan fingerprint density at radius 3 is 2.38 bits per heavy atom. The molecule has 1 aromatic heterocycles. The molecule has 4 rings (SSSR count). The van der Waals surface area contributed by atoms with Crippen LogP contribution in [0.5, 0.6) is 5.75 Å². The number of nitrogens with two attached hydrogens (primary N) is 1. The Morgan fingerprint density at radius 2 is 1.73 bits per heavy atom. The fourth-order valence-corrected chi connectivity index (χ4v) is 5.80. The smallest absolute Gasteiger partial charge is 0.404 e. The van der Waals surface area contributed by atoms with E-state index in [9.17, 15) is 13.2 Å². The molecule has 0 radical (unpaired) electrons. The predicted molar refractivity (Wildman–Crippen MR) is 137 cm³/mol. The van der Waals surface area contributed by atoms with Gasteiger partial charge in [-0.05, 0) is 24.3 Å². The summed E-state index contributed by atoms with van der Waals surface area (Å²) in [7, 11) is -1.85. The first-order chi connectivity index (χ1) is 17.8. The van der Waals surface area contributed by atoms with E-state index in [1.165, 1.54) is 12.4 Å². The fraction of sp³-hybridized carbons (Fsp3) is 0.304. The van der Waals surface area contributed by atoms with Crippen molar-refractivity contribution in [3.8, 4) is 5.75 Å². The zero-order chi connectivity index (χ0) is 26.4. The van der Waals surface area contributed by atoms with E-state index in [-0.39, 0.29) is 22.7 Å². The van der Waals surface area contributed by atoms with Gasteiger partial charge in [-0.25, -0.2) is 9.97 Å². The van der Waals surface area contributed by atoms with Crippen LogP contribution in [0.15, 0.2) is 53.7 Å². The van der Waals surface area contributed by atoms with Gasteiger partial charge >= 0.3 is 28.2 Å². The van der Waals surface area contributed by atoms with E-state index in [4.69, 9.17) is 10.5 Å². The first kappa shape index (κ1) is 26.8. The number of nitrogens with zero attached hydrogens (tertiary/aromatic N) is 5. The molecule has 1 amide bonds. The first-order valence-electron chi connectivity index (χ1n) is 11.5. The largest absolute Gasteiger partial charge is 0.494 e. The SMILES string of the molecule is COc1cc(N2CCN(C(=O)CCN)CC2)ccc1Nc1ncnc(Nc2ccccc2S(=O)(=O)[IH+])n1. The molecule has 0 atom stereocenters. The van der Waals surface area contributed by atoms with Crippen LogP contribution < -0.4 is 47.2 Å². The van der Waals surface area contributed by atoms with Crippen LogP contribution in [0.2, 0.25) is 0 Å². The summed E-state index contributed by atoms with van der Waals surface area (Å²) < 4.78 is 29.8. The zero-order valence-electron chi connectivity index (χ0n) is 20.1. The van der Waals surface area contributed by atoms with Crippen LogP contribution in [0.4, 0.5) is 29.0 Å². The maximum atomic E-state index is 12.1. The average molecular weight is 640 g/mol. The van der Waals surface area contributed by atoms with Crippen LogP contribution in [-0.2, 0) is 11.8 Å². The van der Waals surface area contributed by atoms with Gasteiger partial charge in [0, 0.05) is 50.9 Å². The number of hydrogen-bond donors (Lipinski definition) is 3. The topological polar surface area (TPSA) is 156 Å². The molecule has 0 spiro atoms. The average Bonchev–Trinajstić information content (AvgIpc) is 2.89. The molecule has 3 aromatic rings. The number of piperazine rings is 1. The van der Waals surface area contributed by atoms with E-state index in [1.54, 1.807) is 25.3 Å². The minimum atomic E-state index is -3.43. The Morgan fingerprint density at radius 1 is 1.05 bits per heavy atom. The number of ether oxygens (including phenoxy) is 1. The van der Waals surface area contributed by atoms with E-state index < -0.39 is 7.01 Å². The van der Waals surface area contributed by atoms with Gasteiger partial charge in [0.2, 0.25) is 17.8 Å². The highest BCUT2D eigenvalue weighted by molar-refractivity contribution is 7.84. The molecule has 2 aromatic carbocycles. The van der Waals surface area contributed by atoms with E-state index in [1.807, 2.05) is 23.1 Å². The van der Waals surface area contributed by atoms with Gasteiger partial charge in [-0.2, -0.15) is 13.4 Å². The van der Waals surface area contributed by atoms with Crippen molar-refractivity contribution >= 4 is 41.9 Å². The summed E-state index contributed by atoms with van der Waals surface area (Å²) in [5.41, 5.74) is 7.50. The number of para-hydroxylation sites is 1. The van der Waals surface area contributed by atoms with Crippen molar-refractivity contribution in [3.05, 3.63) is 48.8 Å². The molecule has 12 nitrogen and oxygen atoms in total. The highest BCUT2D eigenvalue weighted by Gasteiger charge is 2.23. The zero-order valence-corrected chi connectivity index (χ0v) is 23.3. The van der Waals surface area contributed by atoms with Crippen molar-refractivity contribution < 1.29 is 39.2 Å². The van der Waals surface area contributed by atoms with Crippen molar-refractivity contribution in [2.45, 2.75) is 11.3 Å². The number of rotatable bonds is 9. The molecular formula is C23H28IN8O4S+. The quantitative estimate of drug-likeness (QED) is 0.182. The molecular weight excluding hydrogens is 611 g/mol. The minimum absolute atomic E-state index is 0.0884. The van der Waals surface area contributed by atoms with Gasteiger partial charge in [-0.15, -0.1) is 0 Å². The molecule has 37 heavy (non-hydrogen) atoms. The summed E-state index contributed by atoms with van der Waals surface area (Å²) in [4.78, 5) is 28.9. The molecule has 0 bridgehead atoms. The number of carbonyl (C=O) groups is 1. The normalized spacial score (nSPS) is 13.8. The van der Waals surface area contributed by atoms with E-state index in [0.717, 1.165) is 26.9 Å². The lowest BCUT2D eigenvalue weighted by atomic mass is 10.2. The Bertz CT molecular complexity index is 1370. The first-order valence-corrected chi connectivity index (χ1v) is 15.7. The van der Waals surface area contributed by atoms with Crippen molar-refractivity contribution in [1.82, 2.24) is 19.9 Å². The second-order valence-corrected chi connectivity index (χ2v) is 13.2. The van der Waals surface area contributed by atoms with Crippen LogP contribution in [-0.4, -0.2) is 74.0 Å². The summed E-state index contributed by atoms with van der Waals surface area (Å²) in [5, 5.41) is 6.09. The monoisotopic (exact) mass is 639 g/mol. The molecule has 1 fully saturated rings. The molecule has 2 heterocycles. The molecule has 0 unspecified atom stereocenters. The summed E-state index contributed by atoms with van der Waals surface area (Å²) in [6.07, 6.45) is 1.69. The molecule has 0 aliphatic carbocycles. The van der Waals surface area contributed by atoms with E-state index in [0.29, 0.717) is 56.3 Å². The summed E-state index contributed by atoms with van der Waals surface area (Å²) in [5.74, 6) is 1.13. The second kappa shape index (κ2) is 11.9. The summed E-state index contributed by atoms with van der Waals surface area (Å²) in [6, 6.07) is 12.3. The number of nitrogens with one attached hydrogen (secondary N) is 2. The highest BCUT2D eigenvalue weighted by atomic mass is 127. The predicted octanol–water partition coefficient (Wildman–Crippen LogP) is -1.66. The Hall–Kier alpha value is -3.24. The Labute approximate surface area is 227 Å². The van der Waals surface area contributed by atoms with E-state index >= 15 is 0 Å². The van der Waals surface area contributed by atoms with Crippen LogP contribution in [0.1, 0.15) is 6.42 Å². The maximum Gasteiger partial charge on any atom is 0.404 e. The van der Waals surface area contributed by atoms with Crippen molar-refractivity contribution in [2.24, 2.45) is 5.73 Å². The lowest BCUT2D eigenvalue weighted by molar-refractivity contribution is -0.164. The number of aromatic nitrogens is 3. The van der Waals surface area contributed by atoms with Gasteiger partial charge in [0.1, 0.15) is 17.0 Å². The molecule has 14 heteroatoms. The van der Waals surface area contributed by atoms with Gasteiger partial charge in [0.15, 0.2) is 0 Å². The second-order valence-electron chi connectivity index (χ2n) is 8.12.